The zero-order valence-electron chi connectivity index (χ0n) is 16.2. The average Bonchev–Trinajstić information content (AvgIpc) is 3.45. The predicted octanol–water partition coefficient (Wildman–Crippen LogP) is 2.21. The van der Waals surface area contributed by atoms with Crippen LogP contribution in [0, 0.1) is 10.1 Å². The van der Waals surface area contributed by atoms with Gasteiger partial charge >= 0.3 is 0 Å². The fourth-order valence-electron chi connectivity index (χ4n) is 2.78. The van der Waals surface area contributed by atoms with E-state index >= 15 is 0 Å². The van der Waals surface area contributed by atoms with Gasteiger partial charge in [0.25, 0.3) is 11.6 Å². The van der Waals surface area contributed by atoms with Crippen LogP contribution in [0.5, 0.6) is 5.75 Å². The minimum Gasteiger partial charge on any atom is -0.494 e. The van der Waals surface area contributed by atoms with Crippen LogP contribution in [0.4, 0.5) is 11.4 Å². The molecule has 0 aliphatic rings. The smallest absolute Gasteiger partial charge is 0.276 e. The number of nitro groups is 1. The number of hydrogen-bond acceptors (Lipinski definition) is 8. The van der Waals surface area contributed by atoms with Gasteiger partial charge in [0.15, 0.2) is 12.4 Å². The Morgan fingerprint density at radius 2 is 1.97 bits per heavy atom. The van der Waals surface area contributed by atoms with E-state index < -0.39 is 10.8 Å². The molecule has 0 bridgehead atoms. The first-order valence-corrected chi connectivity index (χ1v) is 9.04. The van der Waals surface area contributed by atoms with Crippen molar-refractivity contribution in [2.75, 3.05) is 12.4 Å². The summed E-state index contributed by atoms with van der Waals surface area (Å²) < 4.78 is 6.61. The maximum Gasteiger partial charge on any atom is 0.276 e. The molecule has 31 heavy (non-hydrogen) atoms. The largest absolute Gasteiger partial charge is 0.494 e. The van der Waals surface area contributed by atoms with E-state index in [4.69, 9.17) is 4.74 Å². The molecule has 0 radical (unpaired) electrons. The van der Waals surface area contributed by atoms with Crippen molar-refractivity contribution in [2.24, 2.45) is 0 Å². The van der Waals surface area contributed by atoms with E-state index in [2.05, 4.69) is 25.8 Å². The van der Waals surface area contributed by atoms with Crippen LogP contribution in [0.1, 0.15) is 10.5 Å². The topological polar surface area (TPSA) is 143 Å². The molecule has 1 amide bonds. The molecule has 0 saturated heterocycles. The summed E-state index contributed by atoms with van der Waals surface area (Å²) in [6, 6.07) is 14.9. The molecule has 2 heterocycles. The van der Waals surface area contributed by atoms with Crippen LogP contribution in [-0.4, -0.2) is 47.9 Å². The molecule has 0 spiro atoms. The second-order valence-corrected chi connectivity index (χ2v) is 6.33. The van der Waals surface area contributed by atoms with Gasteiger partial charge in [-0.05, 0) is 17.3 Å². The number of rotatable bonds is 7. The summed E-state index contributed by atoms with van der Waals surface area (Å²) in [4.78, 5) is 24.2. The summed E-state index contributed by atoms with van der Waals surface area (Å²) in [5.74, 6) is 0.153. The fourth-order valence-corrected chi connectivity index (χ4v) is 2.78. The van der Waals surface area contributed by atoms with Crippen molar-refractivity contribution in [3.05, 3.63) is 76.6 Å². The lowest BCUT2D eigenvalue weighted by molar-refractivity contribution is -0.384. The van der Waals surface area contributed by atoms with Gasteiger partial charge in [0, 0.05) is 17.8 Å². The van der Waals surface area contributed by atoms with Crippen molar-refractivity contribution in [2.45, 2.75) is 6.67 Å². The first-order valence-electron chi connectivity index (χ1n) is 9.04. The van der Waals surface area contributed by atoms with Crippen LogP contribution in [0.25, 0.3) is 11.4 Å². The standard InChI is InChI=1S/C19H16N8O4/c1-31-17-11-14(27(29)30)7-8-15(17)20-19(28)16-9-10-25(22-16)12-26-23-18(21-24-26)13-5-3-2-4-6-13/h2-11H,12H2,1H3,(H,20,28). The Morgan fingerprint density at radius 1 is 1.16 bits per heavy atom. The molecule has 156 valence electrons. The monoisotopic (exact) mass is 420 g/mol. The Bertz CT molecular complexity index is 1230. The van der Waals surface area contributed by atoms with Crippen molar-refractivity contribution in [1.29, 1.82) is 0 Å². The highest BCUT2D eigenvalue weighted by Crippen LogP contribution is 2.29. The highest BCUT2D eigenvalue weighted by Gasteiger charge is 2.16. The molecular weight excluding hydrogens is 404 g/mol. The van der Waals surface area contributed by atoms with Crippen LogP contribution in [0.2, 0.25) is 0 Å². The number of nitro benzene ring substituents is 1. The van der Waals surface area contributed by atoms with E-state index in [9.17, 15) is 14.9 Å². The predicted molar refractivity (Wildman–Crippen MR) is 108 cm³/mol. The van der Waals surface area contributed by atoms with E-state index in [-0.39, 0.29) is 29.5 Å². The average molecular weight is 420 g/mol. The second kappa shape index (κ2) is 8.41. The van der Waals surface area contributed by atoms with Gasteiger partial charge in [-0.15, -0.1) is 15.0 Å². The maximum atomic E-state index is 12.5. The lowest BCUT2D eigenvalue weighted by atomic mass is 10.2. The van der Waals surface area contributed by atoms with E-state index in [0.717, 1.165) is 5.56 Å². The first kappa shape index (κ1) is 19.7. The third-order valence-electron chi connectivity index (χ3n) is 4.27. The van der Waals surface area contributed by atoms with Crippen LogP contribution >= 0.6 is 0 Å². The Labute approximate surface area is 175 Å². The molecule has 4 aromatic rings. The van der Waals surface area contributed by atoms with Crippen molar-refractivity contribution in [1.82, 2.24) is 30.0 Å². The zero-order chi connectivity index (χ0) is 21.8. The lowest BCUT2D eigenvalue weighted by Gasteiger charge is -2.08. The number of ether oxygens (including phenoxy) is 1. The number of tetrazole rings is 1. The van der Waals surface area contributed by atoms with Crippen LogP contribution in [-0.2, 0) is 6.67 Å². The van der Waals surface area contributed by atoms with E-state index in [1.807, 2.05) is 30.3 Å². The molecule has 2 aromatic carbocycles. The minimum atomic E-state index is -0.544. The molecule has 0 aliphatic heterocycles. The molecule has 12 heteroatoms. The van der Waals surface area contributed by atoms with Gasteiger partial charge in [0.2, 0.25) is 5.82 Å². The number of carbonyl (C=O) groups excluding carboxylic acids is 1. The number of carbonyl (C=O) groups is 1. The lowest BCUT2D eigenvalue weighted by Crippen LogP contribution is -2.16. The summed E-state index contributed by atoms with van der Waals surface area (Å²) in [6.45, 7) is 0.161. The zero-order valence-corrected chi connectivity index (χ0v) is 16.2. The molecular formula is C19H16N8O4. The number of anilines is 1. The first-order chi connectivity index (χ1) is 15.0. The summed E-state index contributed by atoms with van der Waals surface area (Å²) in [5, 5.41) is 30.1. The van der Waals surface area contributed by atoms with Crippen LogP contribution in [0.15, 0.2) is 60.8 Å². The van der Waals surface area contributed by atoms with Gasteiger partial charge in [-0.2, -0.15) is 5.10 Å². The fraction of sp³-hybridized carbons (Fsp3) is 0.105. The summed E-state index contributed by atoms with van der Waals surface area (Å²) >= 11 is 0. The van der Waals surface area contributed by atoms with Crippen molar-refractivity contribution in [3.8, 4) is 17.1 Å². The quantitative estimate of drug-likeness (QED) is 0.354. The normalized spacial score (nSPS) is 10.6. The molecule has 0 atom stereocenters. The number of benzene rings is 2. The number of nitrogens with zero attached hydrogens (tertiary/aromatic N) is 7. The van der Waals surface area contributed by atoms with Gasteiger partial charge in [0.1, 0.15) is 5.75 Å². The summed E-state index contributed by atoms with van der Waals surface area (Å²) in [7, 11) is 1.36. The highest BCUT2D eigenvalue weighted by atomic mass is 16.6. The van der Waals surface area contributed by atoms with Crippen molar-refractivity contribution >= 4 is 17.3 Å². The number of amides is 1. The Kier molecular flexibility index (Phi) is 5.34. The molecule has 12 nitrogen and oxygen atoms in total. The van der Waals surface area contributed by atoms with Gasteiger partial charge in [-0.25, -0.2) is 4.68 Å². The van der Waals surface area contributed by atoms with Crippen molar-refractivity contribution < 1.29 is 14.5 Å². The molecule has 0 saturated carbocycles. The molecule has 2 aromatic heterocycles. The molecule has 4 rings (SSSR count). The van der Waals surface area contributed by atoms with Gasteiger partial charge < -0.3 is 10.1 Å². The molecule has 1 N–H and O–H groups in total. The third kappa shape index (κ3) is 4.37. The summed E-state index contributed by atoms with van der Waals surface area (Å²) in [5.41, 5.74) is 1.13. The van der Waals surface area contributed by atoms with E-state index in [0.29, 0.717) is 5.82 Å². The number of aromatic nitrogens is 6. The Morgan fingerprint density at radius 3 is 2.71 bits per heavy atom. The second-order valence-electron chi connectivity index (χ2n) is 6.33. The summed E-state index contributed by atoms with van der Waals surface area (Å²) in [6.07, 6.45) is 1.60. The van der Waals surface area contributed by atoms with Crippen molar-refractivity contribution in [3.63, 3.8) is 0 Å². The molecule has 0 unspecified atom stereocenters. The highest BCUT2D eigenvalue weighted by molar-refractivity contribution is 6.03. The minimum absolute atomic E-state index is 0.142. The van der Waals surface area contributed by atoms with Gasteiger partial charge in [0.05, 0.1) is 23.8 Å². The number of non-ortho nitro benzene ring substituents is 1. The van der Waals surface area contributed by atoms with Crippen LogP contribution < -0.4 is 10.1 Å². The van der Waals surface area contributed by atoms with Gasteiger partial charge in [-0.3, -0.25) is 14.9 Å². The number of nitrogens with one attached hydrogen (secondary N) is 1. The van der Waals surface area contributed by atoms with Gasteiger partial charge in [-0.1, -0.05) is 30.3 Å². The van der Waals surface area contributed by atoms with E-state index in [1.54, 1.807) is 6.20 Å². The Balaban J connectivity index is 1.45. The molecule has 0 fully saturated rings. The number of methoxy groups -OCH3 is 1. The molecule has 0 aliphatic carbocycles. The maximum absolute atomic E-state index is 12.5. The number of hydrogen-bond donors (Lipinski definition) is 1. The van der Waals surface area contributed by atoms with E-state index in [1.165, 1.54) is 40.9 Å². The Hall–Kier alpha value is -4.61. The van der Waals surface area contributed by atoms with Crippen LogP contribution in [0.3, 0.4) is 0 Å². The third-order valence-corrected chi connectivity index (χ3v) is 4.27. The SMILES string of the molecule is COc1cc([N+](=O)[O-])ccc1NC(=O)c1ccn(Cn2nnc(-c3ccccc3)n2)n1.